The van der Waals surface area contributed by atoms with Gasteiger partial charge in [0.05, 0.1) is 22.6 Å². The van der Waals surface area contributed by atoms with Crippen LogP contribution in [0.15, 0.2) is 24.3 Å². The molecule has 0 aromatic heterocycles. The molecule has 2 rings (SSSR count). The molecule has 1 heterocycles. The summed E-state index contributed by atoms with van der Waals surface area (Å²) in [5.41, 5.74) is 0.681. The maximum Gasteiger partial charge on any atom is 0.274 e. The Labute approximate surface area is 141 Å². The lowest BCUT2D eigenvalue weighted by molar-refractivity contribution is -0.385. The topological polar surface area (TPSA) is 66.7 Å². The summed E-state index contributed by atoms with van der Waals surface area (Å²) in [4.78, 5) is 27.1. The van der Waals surface area contributed by atoms with E-state index >= 15 is 0 Å². The van der Waals surface area contributed by atoms with Crippen molar-refractivity contribution in [1.29, 1.82) is 0 Å². The molecule has 1 fully saturated rings. The number of carbonyl (C=O) groups is 1. The molecule has 0 saturated carbocycles. The Hall–Kier alpha value is -1.60. The first-order valence-corrected chi connectivity index (χ1v) is 8.97. The van der Waals surface area contributed by atoms with E-state index in [-0.39, 0.29) is 21.9 Å². The van der Waals surface area contributed by atoms with E-state index in [0.29, 0.717) is 17.9 Å². The van der Waals surface area contributed by atoms with Gasteiger partial charge in [0, 0.05) is 18.2 Å². The van der Waals surface area contributed by atoms with E-state index in [4.69, 9.17) is 0 Å². The highest BCUT2D eigenvalue weighted by Crippen LogP contribution is 2.31. The molecular formula is C16H23N3O3S. The molecule has 126 valence electrons. The highest BCUT2D eigenvalue weighted by atomic mass is 32.2. The minimum absolute atomic E-state index is 0.0673. The Morgan fingerprint density at radius 1 is 1.35 bits per heavy atom. The van der Waals surface area contributed by atoms with E-state index in [1.807, 2.05) is 0 Å². The van der Waals surface area contributed by atoms with Crippen LogP contribution >= 0.6 is 11.8 Å². The molecule has 1 atom stereocenters. The van der Waals surface area contributed by atoms with E-state index in [9.17, 15) is 14.9 Å². The second-order valence-corrected chi connectivity index (χ2v) is 6.65. The van der Waals surface area contributed by atoms with E-state index in [2.05, 4.69) is 18.7 Å². The number of hydrogen-bond donors (Lipinski definition) is 0. The molecule has 0 spiro atoms. The van der Waals surface area contributed by atoms with Crippen LogP contribution in [-0.4, -0.2) is 51.4 Å². The number of nitrogens with zero attached hydrogens (tertiary/aromatic N) is 3. The maximum atomic E-state index is 12.2. The van der Waals surface area contributed by atoms with Crippen molar-refractivity contribution in [1.82, 2.24) is 9.80 Å². The van der Waals surface area contributed by atoms with Gasteiger partial charge in [0.15, 0.2) is 0 Å². The fraction of sp³-hybridized carbons (Fsp3) is 0.562. The van der Waals surface area contributed by atoms with E-state index in [1.54, 1.807) is 34.9 Å². The molecule has 0 radical (unpaired) electrons. The Morgan fingerprint density at radius 3 is 2.70 bits per heavy atom. The molecule has 0 N–H and O–H groups in total. The number of thioether (sulfide) groups is 1. The smallest absolute Gasteiger partial charge is 0.274 e. The summed E-state index contributed by atoms with van der Waals surface area (Å²) in [5, 5.41) is 11.2. The highest BCUT2D eigenvalue weighted by molar-refractivity contribution is 8.00. The van der Waals surface area contributed by atoms with Crippen LogP contribution in [0.4, 0.5) is 5.69 Å². The summed E-state index contributed by atoms with van der Waals surface area (Å²) in [6, 6.07) is 6.66. The zero-order valence-electron chi connectivity index (χ0n) is 13.6. The summed E-state index contributed by atoms with van der Waals surface area (Å²) in [6.45, 7) is 7.48. The second kappa shape index (κ2) is 8.31. The van der Waals surface area contributed by atoms with Crippen LogP contribution in [0, 0.1) is 10.1 Å². The molecule has 1 amide bonds. The highest BCUT2D eigenvalue weighted by Gasteiger charge is 2.32. The summed E-state index contributed by atoms with van der Waals surface area (Å²) in [7, 11) is 0. The van der Waals surface area contributed by atoms with Gasteiger partial charge in [-0.1, -0.05) is 32.0 Å². The lowest BCUT2D eigenvalue weighted by atomic mass is 10.1. The molecule has 23 heavy (non-hydrogen) atoms. The molecule has 1 aromatic rings. The normalized spacial score (nSPS) is 18.0. The molecule has 1 saturated heterocycles. The predicted molar refractivity (Wildman–Crippen MR) is 92.3 cm³/mol. The largest absolute Gasteiger partial charge is 0.325 e. The third-order valence-corrected chi connectivity index (χ3v) is 5.47. The van der Waals surface area contributed by atoms with Crippen LogP contribution in [0.5, 0.6) is 0 Å². The quantitative estimate of drug-likeness (QED) is 0.539. The molecule has 1 aromatic carbocycles. The van der Waals surface area contributed by atoms with Crippen LogP contribution < -0.4 is 0 Å². The molecule has 1 aliphatic heterocycles. The number of para-hydroxylation sites is 1. The molecule has 7 heteroatoms. The van der Waals surface area contributed by atoms with Crippen molar-refractivity contribution in [2.24, 2.45) is 0 Å². The van der Waals surface area contributed by atoms with Gasteiger partial charge in [0.25, 0.3) is 5.69 Å². The standard InChI is InChI=1S/C16H23N3O3S/c1-3-17(4-2)10-9-16-18(15(20)12-23-16)11-13-7-5-6-8-14(13)19(21)22/h5-8,16H,3-4,9-12H2,1-2H3/t16-/m1/s1. The Bertz CT molecular complexity index is 563. The first-order valence-electron chi connectivity index (χ1n) is 7.92. The maximum absolute atomic E-state index is 12.2. The number of benzene rings is 1. The zero-order valence-corrected chi connectivity index (χ0v) is 14.4. The van der Waals surface area contributed by atoms with Crippen molar-refractivity contribution in [2.75, 3.05) is 25.4 Å². The molecule has 6 nitrogen and oxygen atoms in total. The molecule has 0 bridgehead atoms. The molecule has 1 aliphatic rings. The zero-order chi connectivity index (χ0) is 16.8. The van der Waals surface area contributed by atoms with Crippen molar-refractivity contribution in [3.05, 3.63) is 39.9 Å². The Balaban J connectivity index is 2.07. The van der Waals surface area contributed by atoms with Crippen LogP contribution in [0.2, 0.25) is 0 Å². The van der Waals surface area contributed by atoms with Crippen molar-refractivity contribution in [3.8, 4) is 0 Å². The minimum atomic E-state index is -0.381. The van der Waals surface area contributed by atoms with Crippen LogP contribution in [0.3, 0.4) is 0 Å². The first kappa shape index (κ1) is 17.7. The average Bonchev–Trinajstić information content (AvgIpc) is 2.89. The Kier molecular flexibility index (Phi) is 6.41. The number of carbonyl (C=O) groups excluding carboxylic acids is 1. The van der Waals surface area contributed by atoms with E-state index < -0.39 is 0 Å². The molecule has 0 aliphatic carbocycles. The number of rotatable bonds is 8. The number of hydrogen-bond acceptors (Lipinski definition) is 5. The van der Waals surface area contributed by atoms with Gasteiger partial charge in [-0.05, 0) is 19.5 Å². The van der Waals surface area contributed by atoms with Crippen molar-refractivity contribution in [2.45, 2.75) is 32.2 Å². The number of nitro benzene ring substituents is 1. The first-order chi connectivity index (χ1) is 11.1. The van der Waals surface area contributed by atoms with Gasteiger partial charge in [0.1, 0.15) is 0 Å². The average molecular weight is 337 g/mol. The number of nitro groups is 1. The van der Waals surface area contributed by atoms with Crippen molar-refractivity contribution >= 4 is 23.4 Å². The summed E-state index contributed by atoms with van der Waals surface area (Å²) < 4.78 is 0. The van der Waals surface area contributed by atoms with Gasteiger partial charge in [-0.25, -0.2) is 0 Å². The fourth-order valence-electron chi connectivity index (χ4n) is 2.77. The minimum Gasteiger partial charge on any atom is -0.325 e. The lowest BCUT2D eigenvalue weighted by Gasteiger charge is -2.26. The number of amides is 1. The molecular weight excluding hydrogens is 314 g/mol. The monoisotopic (exact) mass is 337 g/mol. The Morgan fingerprint density at radius 2 is 2.04 bits per heavy atom. The SMILES string of the molecule is CCN(CC)CC[C@H]1SCC(=O)N1Cc1ccccc1[N+](=O)[O-]. The molecule has 0 unspecified atom stereocenters. The lowest BCUT2D eigenvalue weighted by Crippen LogP contribution is -2.35. The van der Waals surface area contributed by atoms with Gasteiger partial charge in [-0.15, -0.1) is 11.8 Å². The summed E-state index contributed by atoms with van der Waals surface area (Å²) >= 11 is 1.63. The third-order valence-electron chi connectivity index (χ3n) is 4.18. The van der Waals surface area contributed by atoms with Gasteiger partial charge in [-0.2, -0.15) is 0 Å². The fourth-order valence-corrected chi connectivity index (χ4v) is 3.91. The van der Waals surface area contributed by atoms with Crippen molar-refractivity contribution in [3.63, 3.8) is 0 Å². The van der Waals surface area contributed by atoms with Gasteiger partial charge < -0.3 is 9.80 Å². The van der Waals surface area contributed by atoms with Crippen molar-refractivity contribution < 1.29 is 9.72 Å². The predicted octanol–water partition coefficient (Wildman–Crippen LogP) is 2.73. The van der Waals surface area contributed by atoms with Gasteiger partial charge in [-0.3, -0.25) is 14.9 Å². The van der Waals surface area contributed by atoms with E-state index in [1.165, 1.54) is 6.07 Å². The third kappa shape index (κ3) is 4.45. The second-order valence-electron chi connectivity index (χ2n) is 5.49. The van der Waals surface area contributed by atoms with E-state index in [0.717, 1.165) is 26.1 Å². The summed E-state index contributed by atoms with van der Waals surface area (Å²) in [6.07, 6.45) is 0.888. The van der Waals surface area contributed by atoms with Crippen LogP contribution in [0.1, 0.15) is 25.8 Å². The van der Waals surface area contributed by atoms with Gasteiger partial charge in [0.2, 0.25) is 5.91 Å². The van der Waals surface area contributed by atoms with Gasteiger partial charge >= 0.3 is 0 Å². The summed E-state index contributed by atoms with van der Waals surface area (Å²) in [5.74, 6) is 0.529. The van der Waals surface area contributed by atoms with Crippen LogP contribution in [-0.2, 0) is 11.3 Å². The van der Waals surface area contributed by atoms with Crippen LogP contribution in [0.25, 0.3) is 0 Å².